The molecule has 2 aromatic heterocycles. The van der Waals surface area contributed by atoms with E-state index in [1.807, 2.05) is 79.7 Å². The Morgan fingerprint density at radius 2 is 1.78 bits per heavy atom. The number of carbonyl (C=O) groups excluding carboxylic acids is 1. The van der Waals surface area contributed by atoms with Gasteiger partial charge in [0.05, 0.1) is 18.1 Å². The van der Waals surface area contributed by atoms with Crippen LogP contribution >= 0.6 is 0 Å². The molecule has 154 valence electrons. The lowest BCUT2D eigenvalue weighted by molar-refractivity contribution is -0.115. The molecule has 6 heteroatoms. The predicted octanol–water partition coefficient (Wildman–Crippen LogP) is 4.94. The average Bonchev–Trinajstić information content (AvgIpc) is 3.21. The molecule has 6 nitrogen and oxygen atoms in total. The Balaban J connectivity index is 1.50. The summed E-state index contributed by atoms with van der Waals surface area (Å²) >= 11 is 0. The zero-order valence-corrected chi connectivity index (χ0v) is 17.4. The molecule has 0 fully saturated rings. The zero-order valence-electron chi connectivity index (χ0n) is 17.4. The molecule has 0 unspecified atom stereocenters. The van der Waals surface area contributed by atoms with Crippen LogP contribution in [0.1, 0.15) is 16.7 Å². The molecule has 32 heavy (non-hydrogen) atoms. The molecule has 0 atom stereocenters. The number of nitrogens with one attached hydrogen (secondary N) is 1. The predicted molar refractivity (Wildman–Crippen MR) is 125 cm³/mol. The van der Waals surface area contributed by atoms with Crippen molar-refractivity contribution in [2.75, 3.05) is 5.32 Å². The lowest BCUT2D eigenvalue weighted by atomic mass is 10.0. The number of aromatic nitrogens is 3. The lowest BCUT2D eigenvalue weighted by Crippen LogP contribution is -2.18. The third-order valence-electron chi connectivity index (χ3n) is 5.50. The summed E-state index contributed by atoms with van der Waals surface area (Å²) in [6.07, 6.45) is 1.63. The number of amides is 1. The molecule has 0 saturated heterocycles. The van der Waals surface area contributed by atoms with Gasteiger partial charge in [-0.15, -0.1) is 0 Å². The Morgan fingerprint density at radius 1 is 1.03 bits per heavy atom. The summed E-state index contributed by atoms with van der Waals surface area (Å²) in [5, 5.41) is 20.0. The number of hydrogen-bond donors (Lipinski definition) is 1. The summed E-state index contributed by atoms with van der Waals surface area (Å²) in [6, 6.07) is 25.7. The maximum atomic E-state index is 13.0. The molecule has 1 amide bonds. The maximum Gasteiger partial charge on any atom is 0.230 e. The summed E-state index contributed by atoms with van der Waals surface area (Å²) in [4.78, 5) is 17.7. The van der Waals surface area contributed by atoms with Gasteiger partial charge in [-0.25, -0.2) is 4.98 Å². The van der Waals surface area contributed by atoms with Crippen molar-refractivity contribution in [2.24, 2.45) is 0 Å². The summed E-state index contributed by atoms with van der Waals surface area (Å²) in [5.41, 5.74) is 3.06. The second-order valence-corrected chi connectivity index (χ2v) is 7.61. The Labute approximate surface area is 184 Å². The maximum absolute atomic E-state index is 13.0. The number of para-hydroxylation sites is 1. The van der Waals surface area contributed by atoms with Crippen LogP contribution in [0.25, 0.3) is 27.5 Å². The largest absolute Gasteiger partial charge is 0.309 e. The van der Waals surface area contributed by atoms with Gasteiger partial charge >= 0.3 is 0 Å². The smallest absolute Gasteiger partial charge is 0.230 e. The van der Waals surface area contributed by atoms with Crippen LogP contribution in [0.2, 0.25) is 0 Å². The standard InChI is InChI=1S/C26H19N5O/c1-17-13-24(29-23-12-5-4-10-21(17)23)31-26(20(15-27)16-28-31)30-25(32)14-19-9-6-8-18-7-2-3-11-22(18)19/h2-13,16H,14H2,1H3,(H,30,32). The number of benzene rings is 3. The van der Waals surface area contributed by atoms with Crippen LogP contribution in [-0.4, -0.2) is 20.7 Å². The quantitative estimate of drug-likeness (QED) is 0.449. The molecular weight excluding hydrogens is 398 g/mol. The van der Waals surface area contributed by atoms with Gasteiger partial charge in [0.25, 0.3) is 0 Å². The normalized spacial score (nSPS) is 10.9. The number of nitriles is 1. The molecule has 0 saturated carbocycles. The fourth-order valence-corrected chi connectivity index (χ4v) is 3.96. The van der Waals surface area contributed by atoms with Crippen molar-refractivity contribution in [3.63, 3.8) is 0 Å². The van der Waals surface area contributed by atoms with E-state index < -0.39 is 0 Å². The highest BCUT2D eigenvalue weighted by molar-refractivity contribution is 5.96. The van der Waals surface area contributed by atoms with E-state index in [0.717, 1.165) is 32.8 Å². The average molecular weight is 417 g/mol. The molecule has 0 aliphatic carbocycles. The molecule has 3 aromatic carbocycles. The van der Waals surface area contributed by atoms with Crippen molar-refractivity contribution in [3.05, 3.63) is 95.7 Å². The van der Waals surface area contributed by atoms with Crippen LogP contribution in [0.3, 0.4) is 0 Å². The fraction of sp³-hybridized carbons (Fsp3) is 0.0769. The SMILES string of the molecule is Cc1cc(-n2ncc(C#N)c2NC(=O)Cc2cccc3ccccc23)nc2ccccc12. The molecule has 2 heterocycles. The molecule has 0 aliphatic heterocycles. The number of rotatable bonds is 4. The first-order chi connectivity index (χ1) is 15.6. The van der Waals surface area contributed by atoms with Crippen LogP contribution in [0.4, 0.5) is 5.82 Å². The highest BCUT2D eigenvalue weighted by atomic mass is 16.1. The van der Waals surface area contributed by atoms with Crippen molar-refractivity contribution >= 4 is 33.4 Å². The topological polar surface area (TPSA) is 83.6 Å². The Morgan fingerprint density at radius 3 is 2.62 bits per heavy atom. The minimum absolute atomic E-state index is 0.182. The summed E-state index contributed by atoms with van der Waals surface area (Å²) in [5.74, 6) is 0.639. The number of carbonyl (C=O) groups is 1. The van der Waals surface area contributed by atoms with E-state index in [1.54, 1.807) is 0 Å². The monoisotopic (exact) mass is 417 g/mol. The van der Waals surface area contributed by atoms with Gasteiger partial charge in [-0.1, -0.05) is 60.7 Å². The summed E-state index contributed by atoms with van der Waals surface area (Å²) in [7, 11) is 0. The van der Waals surface area contributed by atoms with Gasteiger partial charge in [0.1, 0.15) is 11.6 Å². The number of anilines is 1. The number of aryl methyl sites for hydroxylation is 1. The van der Waals surface area contributed by atoms with Crippen molar-refractivity contribution in [3.8, 4) is 11.9 Å². The first-order valence-corrected chi connectivity index (χ1v) is 10.3. The van der Waals surface area contributed by atoms with Crippen LogP contribution in [0, 0.1) is 18.3 Å². The second kappa shape index (κ2) is 7.97. The number of fused-ring (bicyclic) bond motifs is 2. The third-order valence-corrected chi connectivity index (χ3v) is 5.50. The van der Waals surface area contributed by atoms with Gasteiger partial charge in [0.15, 0.2) is 11.6 Å². The van der Waals surface area contributed by atoms with Gasteiger partial charge in [0, 0.05) is 5.39 Å². The van der Waals surface area contributed by atoms with E-state index in [1.165, 1.54) is 10.9 Å². The highest BCUT2D eigenvalue weighted by Crippen LogP contribution is 2.24. The van der Waals surface area contributed by atoms with Crippen LogP contribution in [0.15, 0.2) is 79.0 Å². The Bertz CT molecular complexity index is 1520. The van der Waals surface area contributed by atoms with E-state index in [-0.39, 0.29) is 17.9 Å². The molecule has 0 aliphatic rings. The first-order valence-electron chi connectivity index (χ1n) is 10.3. The van der Waals surface area contributed by atoms with Crippen molar-refractivity contribution in [1.82, 2.24) is 14.8 Å². The third kappa shape index (κ3) is 3.46. The summed E-state index contributed by atoms with van der Waals surface area (Å²) in [6.45, 7) is 2.00. The van der Waals surface area contributed by atoms with Gasteiger partial charge in [-0.3, -0.25) is 4.79 Å². The van der Waals surface area contributed by atoms with E-state index in [9.17, 15) is 10.1 Å². The molecule has 0 radical (unpaired) electrons. The Kier molecular flexibility index (Phi) is 4.85. The van der Waals surface area contributed by atoms with Gasteiger partial charge in [-0.05, 0) is 41.0 Å². The van der Waals surface area contributed by atoms with Crippen molar-refractivity contribution in [1.29, 1.82) is 5.26 Å². The molecule has 0 bridgehead atoms. The number of pyridine rings is 1. The molecular formula is C26H19N5O. The summed E-state index contributed by atoms with van der Waals surface area (Å²) < 4.78 is 1.51. The van der Waals surface area contributed by atoms with Gasteiger partial charge in [-0.2, -0.15) is 15.0 Å². The first kappa shape index (κ1) is 19.5. The van der Waals surface area contributed by atoms with E-state index in [2.05, 4.69) is 21.5 Å². The number of hydrogen-bond acceptors (Lipinski definition) is 4. The lowest BCUT2D eigenvalue weighted by Gasteiger charge is -2.12. The molecule has 1 N–H and O–H groups in total. The molecule has 0 spiro atoms. The highest BCUT2D eigenvalue weighted by Gasteiger charge is 2.17. The minimum Gasteiger partial charge on any atom is -0.309 e. The van der Waals surface area contributed by atoms with E-state index in [4.69, 9.17) is 0 Å². The second-order valence-electron chi connectivity index (χ2n) is 7.61. The zero-order chi connectivity index (χ0) is 22.1. The molecule has 5 aromatic rings. The Hall–Kier alpha value is -4.50. The van der Waals surface area contributed by atoms with Gasteiger partial charge < -0.3 is 5.32 Å². The minimum atomic E-state index is -0.225. The van der Waals surface area contributed by atoms with Gasteiger partial charge in [0.2, 0.25) is 5.91 Å². The van der Waals surface area contributed by atoms with Crippen LogP contribution in [-0.2, 0) is 11.2 Å². The van der Waals surface area contributed by atoms with Crippen molar-refractivity contribution < 1.29 is 4.79 Å². The van der Waals surface area contributed by atoms with Crippen LogP contribution in [0.5, 0.6) is 0 Å². The van der Waals surface area contributed by atoms with Crippen molar-refractivity contribution in [2.45, 2.75) is 13.3 Å². The van der Waals surface area contributed by atoms with Crippen LogP contribution < -0.4 is 5.32 Å². The molecule has 5 rings (SSSR count). The number of nitrogens with zero attached hydrogens (tertiary/aromatic N) is 4. The van der Waals surface area contributed by atoms with E-state index >= 15 is 0 Å². The fourth-order valence-electron chi connectivity index (χ4n) is 3.96. The van der Waals surface area contributed by atoms with E-state index in [0.29, 0.717) is 11.6 Å².